The van der Waals surface area contributed by atoms with E-state index in [-0.39, 0.29) is 6.10 Å². The Hall–Kier alpha value is 0.170. The summed E-state index contributed by atoms with van der Waals surface area (Å²) in [7, 11) is 0. The molecule has 0 aromatic carbocycles. The minimum absolute atomic E-state index is 0.260. The van der Waals surface area contributed by atoms with E-state index in [4.69, 9.17) is 25.8 Å². The van der Waals surface area contributed by atoms with Crippen molar-refractivity contribution < 1.29 is 14.2 Å². The van der Waals surface area contributed by atoms with Gasteiger partial charge in [0, 0.05) is 12.3 Å². The topological polar surface area (TPSA) is 27.7 Å². The van der Waals surface area contributed by atoms with Crippen LogP contribution in [0.1, 0.15) is 38.5 Å². The summed E-state index contributed by atoms with van der Waals surface area (Å²) >= 11 is 5.68. The number of hydrogen-bond acceptors (Lipinski definition) is 3. The van der Waals surface area contributed by atoms with Crippen molar-refractivity contribution in [3.05, 3.63) is 0 Å². The van der Waals surface area contributed by atoms with Gasteiger partial charge in [-0.1, -0.05) is 0 Å². The van der Waals surface area contributed by atoms with E-state index in [9.17, 15) is 0 Å². The van der Waals surface area contributed by atoms with Crippen LogP contribution in [0.4, 0.5) is 0 Å². The molecule has 4 heteroatoms. The average molecular weight is 235 g/mol. The van der Waals surface area contributed by atoms with Crippen LogP contribution < -0.4 is 0 Å². The number of rotatable bonds is 3. The van der Waals surface area contributed by atoms with Gasteiger partial charge in [0.1, 0.15) is 0 Å². The molecule has 2 atom stereocenters. The number of alkyl halides is 1. The molecule has 2 aliphatic heterocycles. The maximum absolute atomic E-state index is 5.91. The fourth-order valence-electron chi connectivity index (χ4n) is 2.15. The highest BCUT2D eigenvalue weighted by molar-refractivity contribution is 6.17. The van der Waals surface area contributed by atoms with Gasteiger partial charge >= 0.3 is 0 Å². The zero-order valence-corrected chi connectivity index (χ0v) is 9.80. The van der Waals surface area contributed by atoms with Crippen LogP contribution in [0.15, 0.2) is 0 Å². The van der Waals surface area contributed by atoms with E-state index in [1.807, 2.05) is 0 Å². The highest BCUT2D eigenvalue weighted by atomic mass is 35.5. The molecule has 0 amide bonds. The van der Waals surface area contributed by atoms with Crippen molar-refractivity contribution >= 4 is 11.6 Å². The largest absolute Gasteiger partial charge is 0.327 e. The van der Waals surface area contributed by atoms with Gasteiger partial charge < -0.3 is 14.2 Å². The van der Waals surface area contributed by atoms with Gasteiger partial charge in [-0.2, -0.15) is 0 Å². The van der Waals surface area contributed by atoms with Gasteiger partial charge in [0.05, 0.1) is 19.3 Å². The molecule has 0 bridgehead atoms. The van der Waals surface area contributed by atoms with Crippen LogP contribution in [-0.2, 0) is 14.2 Å². The Morgan fingerprint density at radius 3 is 2.80 bits per heavy atom. The Morgan fingerprint density at radius 1 is 1.20 bits per heavy atom. The second kappa shape index (κ2) is 5.48. The normalized spacial score (nSPS) is 37.0. The summed E-state index contributed by atoms with van der Waals surface area (Å²) in [6.45, 7) is 1.50. The molecule has 2 saturated heterocycles. The second-order valence-electron chi connectivity index (χ2n) is 4.20. The van der Waals surface area contributed by atoms with Gasteiger partial charge in [-0.15, -0.1) is 11.6 Å². The summed E-state index contributed by atoms with van der Waals surface area (Å²) < 4.78 is 17.2. The first-order valence-corrected chi connectivity index (χ1v) is 6.40. The summed E-state index contributed by atoms with van der Waals surface area (Å²) in [6, 6.07) is 0. The predicted molar refractivity (Wildman–Crippen MR) is 57.9 cm³/mol. The highest BCUT2D eigenvalue weighted by Crippen LogP contribution is 2.33. The quantitative estimate of drug-likeness (QED) is 0.703. The van der Waals surface area contributed by atoms with Crippen LogP contribution in [0.5, 0.6) is 0 Å². The van der Waals surface area contributed by atoms with Gasteiger partial charge in [-0.05, 0) is 32.1 Å². The number of halogens is 1. The number of hydrogen-bond donors (Lipinski definition) is 0. The minimum atomic E-state index is -0.715. The first kappa shape index (κ1) is 11.6. The molecule has 0 saturated carbocycles. The lowest BCUT2D eigenvalue weighted by Gasteiger charge is -2.42. The highest BCUT2D eigenvalue weighted by Gasteiger charge is 2.40. The van der Waals surface area contributed by atoms with Gasteiger partial charge in [-0.3, -0.25) is 0 Å². The molecule has 0 aromatic rings. The Labute approximate surface area is 96.0 Å². The van der Waals surface area contributed by atoms with Gasteiger partial charge in [0.25, 0.3) is 5.97 Å². The Bertz CT molecular complexity index is 187. The molecule has 2 unspecified atom stereocenters. The van der Waals surface area contributed by atoms with Crippen LogP contribution in [0.25, 0.3) is 0 Å². The van der Waals surface area contributed by atoms with E-state index in [1.54, 1.807) is 0 Å². The average Bonchev–Trinajstić information content (AvgIpc) is 2.28. The van der Waals surface area contributed by atoms with Crippen molar-refractivity contribution in [3.8, 4) is 0 Å². The van der Waals surface area contributed by atoms with Crippen LogP contribution in [0.2, 0.25) is 0 Å². The number of ether oxygens (including phenoxy) is 3. The first-order chi connectivity index (χ1) is 7.35. The predicted octanol–water partition coefficient (Wildman–Crippen LogP) is 2.67. The summed E-state index contributed by atoms with van der Waals surface area (Å²) in [6.07, 6.45) is 6.34. The summed E-state index contributed by atoms with van der Waals surface area (Å²) in [5, 5.41) is 0. The third-order valence-corrected chi connectivity index (χ3v) is 3.23. The molecule has 88 valence electrons. The second-order valence-corrected chi connectivity index (χ2v) is 4.57. The van der Waals surface area contributed by atoms with Gasteiger partial charge in [0.15, 0.2) is 0 Å². The molecule has 3 nitrogen and oxygen atoms in total. The molecule has 0 aliphatic carbocycles. The van der Waals surface area contributed by atoms with Crippen LogP contribution >= 0.6 is 11.6 Å². The van der Waals surface area contributed by atoms with Crippen molar-refractivity contribution in [2.24, 2.45) is 0 Å². The standard InChI is InChI=1S/C11H19ClO3/c12-7-3-4-10-5-9-14-11(15-10)6-1-2-8-13-11/h10H,1-9H2. The van der Waals surface area contributed by atoms with Gasteiger partial charge in [-0.25, -0.2) is 0 Å². The van der Waals surface area contributed by atoms with E-state index in [1.165, 1.54) is 0 Å². The third-order valence-electron chi connectivity index (χ3n) is 2.97. The maximum atomic E-state index is 5.91. The zero-order chi connectivity index (χ0) is 10.6. The fourth-order valence-corrected chi connectivity index (χ4v) is 2.31. The molecule has 15 heavy (non-hydrogen) atoms. The van der Waals surface area contributed by atoms with Gasteiger partial charge in [0.2, 0.25) is 0 Å². The molecular weight excluding hydrogens is 216 g/mol. The van der Waals surface area contributed by atoms with Crippen LogP contribution in [0, 0.1) is 0 Å². The molecule has 1 spiro atoms. The molecule has 2 heterocycles. The molecule has 0 radical (unpaired) electrons. The molecule has 2 fully saturated rings. The molecular formula is C11H19ClO3. The minimum Gasteiger partial charge on any atom is -0.327 e. The van der Waals surface area contributed by atoms with Crippen LogP contribution in [0.3, 0.4) is 0 Å². The van der Waals surface area contributed by atoms with E-state index < -0.39 is 5.97 Å². The SMILES string of the molecule is ClCCCC1CCOC2(CCCCO2)O1. The maximum Gasteiger partial charge on any atom is 0.283 e. The smallest absolute Gasteiger partial charge is 0.283 e. The Kier molecular flexibility index (Phi) is 4.26. The Balaban J connectivity index is 1.85. The molecule has 2 rings (SSSR count). The van der Waals surface area contributed by atoms with E-state index in [2.05, 4.69) is 0 Å². The zero-order valence-electron chi connectivity index (χ0n) is 9.04. The molecule has 0 N–H and O–H groups in total. The summed E-state index contributed by atoms with van der Waals surface area (Å²) in [5.41, 5.74) is 0. The van der Waals surface area contributed by atoms with Crippen molar-refractivity contribution in [2.75, 3.05) is 19.1 Å². The van der Waals surface area contributed by atoms with E-state index in [0.717, 1.165) is 51.7 Å². The first-order valence-electron chi connectivity index (χ1n) is 5.86. The van der Waals surface area contributed by atoms with E-state index >= 15 is 0 Å². The fraction of sp³-hybridized carbons (Fsp3) is 1.00. The van der Waals surface area contributed by atoms with Crippen molar-refractivity contribution in [1.82, 2.24) is 0 Å². The van der Waals surface area contributed by atoms with Crippen molar-refractivity contribution in [1.29, 1.82) is 0 Å². The lowest BCUT2D eigenvalue weighted by atomic mass is 10.1. The van der Waals surface area contributed by atoms with E-state index in [0.29, 0.717) is 5.88 Å². The lowest BCUT2D eigenvalue weighted by molar-refractivity contribution is -0.426. The van der Waals surface area contributed by atoms with Crippen LogP contribution in [-0.4, -0.2) is 31.2 Å². The van der Waals surface area contributed by atoms with Crippen molar-refractivity contribution in [2.45, 2.75) is 50.6 Å². The Morgan fingerprint density at radius 2 is 2.07 bits per heavy atom. The lowest BCUT2D eigenvalue weighted by Crippen LogP contribution is -2.48. The summed E-state index contributed by atoms with van der Waals surface area (Å²) in [4.78, 5) is 0. The molecule has 0 aromatic heterocycles. The van der Waals surface area contributed by atoms with Crippen molar-refractivity contribution in [3.63, 3.8) is 0 Å². The monoisotopic (exact) mass is 234 g/mol. The summed E-state index contributed by atoms with van der Waals surface area (Å²) in [5.74, 6) is -0.0119. The third kappa shape index (κ3) is 3.06. The molecule has 2 aliphatic rings.